The van der Waals surface area contributed by atoms with Crippen molar-refractivity contribution in [2.45, 2.75) is 39.8 Å². The van der Waals surface area contributed by atoms with E-state index < -0.39 is 0 Å². The van der Waals surface area contributed by atoms with E-state index in [9.17, 15) is 0 Å². The van der Waals surface area contributed by atoms with Crippen LogP contribution in [0.5, 0.6) is 0 Å². The fourth-order valence-electron chi connectivity index (χ4n) is 1.34. The molecule has 0 aliphatic rings. The van der Waals surface area contributed by atoms with E-state index in [0.717, 1.165) is 13.0 Å². The lowest BCUT2D eigenvalue weighted by Gasteiger charge is -2.10. The van der Waals surface area contributed by atoms with Gasteiger partial charge in [-0.1, -0.05) is 12.0 Å². The normalized spacial score (nSPS) is 12.6. The molecule has 0 fully saturated rings. The van der Waals surface area contributed by atoms with Gasteiger partial charge in [-0.3, -0.25) is 0 Å². The summed E-state index contributed by atoms with van der Waals surface area (Å²) in [7, 11) is 0. The largest absolute Gasteiger partial charge is 0.407 e. The Morgan fingerprint density at radius 1 is 1.35 bits per heavy atom. The zero-order valence-corrected chi connectivity index (χ0v) is 10.8. The first-order valence-electron chi connectivity index (χ1n) is 6.14. The first kappa shape index (κ1) is 13.9. The number of nitrogens with zero attached hydrogens (tertiary/aromatic N) is 2. The molecule has 0 aromatic carbocycles. The molecule has 1 aromatic rings. The third-order valence-corrected chi connectivity index (χ3v) is 2.16. The van der Waals surface area contributed by atoms with Crippen LogP contribution in [0.2, 0.25) is 0 Å². The first-order valence-corrected chi connectivity index (χ1v) is 6.14. The fourth-order valence-corrected chi connectivity index (χ4v) is 1.34. The van der Waals surface area contributed by atoms with Crippen molar-refractivity contribution < 1.29 is 9.15 Å². The van der Waals surface area contributed by atoms with Crippen molar-refractivity contribution in [1.29, 1.82) is 0 Å². The predicted octanol–water partition coefficient (Wildman–Crippen LogP) is 1.41. The summed E-state index contributed by atoms with van der Waals surface area (Å²) in [5.41, 5.74) is 0. The average molecular weight is 242 g/mol. The number of hydrogen-bond acceptors (Lipinski definition) is 6. The minimum atomic E-state index is 0.133. The second-order valence-corrected chi connectivity index (χ2v) is 3.82. The summed E-state index contributed by atoms with van der Waals surface area (Å²) in [6, 6.07) is 0.449. The molecule has 0 amide bonds. The molecule has 0 saturated carbocycles. The molecule has 0 radical (unpaired) electrons. The molecule has 0 bridgehead atoms. The molecule has 1 rings (SSSR count). The van der Waals surface area contributed by atoms with Crippen molar-refractivity contribution >= 4 is 6.01 Å². The zero-order chi connectivity index (χ0) is 12.5. The third kappa shape index (κ3) is 5.65. The van der Waals surface area contributed by atoms with Crippen molar-refractivity contribution in [1.82, 2.24) is 15.5 Å². The van der Waals surface area contributed by atoms with Crippen molar-refractivity contribution in [3.8, 4) is 0 Å². The summed E-state index contributed by atoms with van der Waals surface area (Å²) < 4.78 is 10.8. The molecule has 1 atom stereocenters. The summed E-state index contributed by atoms with van der Waals surface area (Å²) in [6.07, 6.45) is 1.22. The van der Waals surface area contributed by atoms with Crippen LogP contribution < -0.4 is 10.6 Å². The average Bonchev–Trinajstić information content (AvgIpc) is 2.75. The number of anilines is 1. The van der Waals surface area contributed by atoms with E-state index >= 15 is 0 Å². The van der Waals surface area contributed by atoms with E-state index in [0.29, 0.717) is 31.6 Å². The summed E-state index contributed by atoms with van der Waals surface area (Å²) in [5, 5.41) is 14.1. The van der Waals surface area contributed by atoms with Gasteiger partial charge in [0.05, 0.1) is 12.6 Å². The minimum absolute atomic E-state index is 0.133. The van der Waals surface area contributed by atoms with Gasteiger partial charge in [0.15, 0.2) is 0 Å². The lowest BCUT2D eigenvalue weighted by Crippen LogP contribution is -2.19. The maximum atomic E-state index is 5.41. The topological polar surface area (TPSA) is 72.2 Å². The Kier molecular flexibility index (Phi) is 6.57. The van der Waals surface area contributed by atoms with Crippen molar-refractivity contribution in [3.05, 3.63) is 5.89 Å². The van der Waals surface area contributed by atoms with E-state index in [1.54, 1.807) is 0 Å². The molecule has 0 aliphatic carbocycles. The molecule has 6 nitrogen and oxygen atoms in total. The van der Waals surface area contributed by atoms with E-state index in [2.05, 4.69) is 27.8 Å². The van der Waals surface area contributed by atoms with E-state index in [1.165, 1.54) is 0 Å². The maximum absolute atomic E-state index is 5.41. The van der Waals surface area contributed by atoms with Crippen LogP contribution >= 0.6 is 0 Å². The Morgan fingerprint density at radius 3 is 2.88 bits per heavy atom. The lowest BCUT2D eigenvalue weighted by atomic mass is 10.4. The SMILES string of the molecule is CCCNCc1nnc(NCC(C)OCC)o1. The second kappa shape index (κ2) is 8.03. The zero-order valence-electron chi connectivity index (χ0n) is 10.8. The maximum Gasteiger partial charge on any atom is 0.315 e. The molecule has 6 heteroatoms. The summed E-state index contributed by atoms with van der Waals surface area (Å²) in [4.78, 5) is 0. The Hall–Kier alpha value is -1.14. The van der Waals surface area contributed by atoms with Gasteiger partial charge in [0, 0.05) is 13.2 Å². The Balaban J connectivity index is 2.25. The summed E-state index contributed by atoms with van der Waals surface area (Å²) in [6.45, 7) is 9.02. The van der Waals surface area contributed by atoms with Crippen molar-refractivity contribution in [3.63, 3.8) is 0 Å². The van der Waals surface area contributed by atoms with Crippen LogP contribution in [0.3, 0.4) is 0 Å². The molecule has 0 saturated heterocycles. The van der Waals surface area contributed by atoms with Crippen LogP contribution in [0.15, 0.2) is 4.42 Å². The van der Waals surface area contributed by atoms with Gasteiger partial charge in [-0.2, -0.15) is 0 Å². The monoisotopic (exact) mass is 242 g/mol. The standard InChI is InChI=1S/C11H22N4O2/c1-4-6-12-8-10-14-15-11(17-10)13-7-9(3)16-5-2/h9,12H,4-8H2,1-3H3,(H,13,15). The van der Waals surface area contributed by atoms with Gasteiger partial charge < -0.3 is 19.8 Å². The van der Waals surface area contributed by atoms with Gasteiger partial charge in [0.1, 0.15) is 0 Å². The fraction of sp³-hybridized carbons (Fsp3) is 0.818. The minimum Gasteiger partial charge on any atom is -0.407 e. The number of rotatable bonds is 9. The van der Waals surface area contributed by atoms with Gasteiger partial charge in [-0.25, -0.2) is 0 Å². The molecule has 1 aromatic heterocycles. The predicted molar refractivity (Wildman–Crippen MR) is 65.9 cm³/mol. The summed E-state index contributed by atoms with van der Waals surface area (Å²) >= 11 is 0. The molecular formula is C11H22N4O2. The third-order valence-electron chi connectivity index (χ3n) is 2.16. The first-order chi connectivity index (χ1) is 8.26. The second-order valence-electron chi connectivity index (χ2n) is 3.82. The van der Waals surface area contributed by atoms with Crippen LogP contribution in [0, 0.1) is 0 Å². The highest BCUT2D eigenvalue weighted by molar-refractivity contribution is 5.16. The van der Waals surface area contributed by atoms with Crippen LogP contribution in [0.4, 0.5) is 6.01 Å². The molecular weight excluding hydrogens is 220 g/mol. The van der Waals surface area contributed by atoms with E-state index in [-0.39, 0.29) is 6.10 Å². The van der Waals surface area contributed by atoms with Gasteiger partial charge in [-0.15, -0.1) is 5.10 Å². The molecule has 98 valence electrons. The Morgan fingerprint density at radius 2 is 2.18 bits per heavy atom. The number of aromatic nitrogens is 2. The quantitative estimate of drug-likeness (QED) is 0.638. The molecule has 1 heterocycles. The highest BCUT2D eigenvalue weighted by atomic mass is 16.5. The lowest BCUT2D eigenvalue weighted by molar-refractivity contribution is 0.0851. The Bertz CT molecular complexity index is 303. The highest BCUT2D eigenvalue weighted by Gasteiger charge is 2.06. The van der Waals surface area contributed by atoms with Crippen molar-refractivity contribution in [2.75, 3.05) is 25.0 Å². The van der Waals surface area contributed by atoms with Crippen molar-refractivity contribution in [2.24, 2.45) is 0 Å². The van der Waals surface area contributed by atoms with Crippen LogP contribution in [0.25, 0.3) is 0 Å². The van der Waals surface area contributed by atoms with Gasteiger partial charge in [0.25, 0.3) is 0 Å². The van der Waals surface area contributed by atoms with Gasteiger partial charge in [0.2, 0.25) is 5.89 Å². The van der Waals surface area contributed by atoms with Gasteiger partial charge >= 0.3 is 6.01 Å². The van der Waals surface area contributed by atoms with Crippen LogP contribution in [0.1, 0.15) is 33.1 Å². The molecule has 17 heavy (non-hydrogen) atoms. The highest BCUT2D eigenvalue weighted by Crippen LogP contribution is 2.05. The molecule has 1 unspecified atom stereocenters. The molecule has 0 spiro atoms. The molecule has 0 aliphatic heterocycles. The number of nitrogens with one attached hydrogen (secondary N) is 2. The summed E-state index contributed by atoms with van der Waals surface area (Å²) in [5.74, 6) is 0.602. The molecule has 2 N–H and O–H groups in total. The van der Waals surface area contributed by atoms with Crippen LogP contribution in [-0.4, -0.2) is 36.0 Å². The van der Waals surface area contributed by atoms with E-state index in [1.807, 2.05) is 13.8 Å². The number of hydrogen-bond donors (Lipinski definition) is 2. The number of ether oxygens (including phenoxy) is 1. The Labute approximate surface area is 102 Å². The smallest absolute Gasteiger partial charge is 0.315 e. The van der Waals surface area contributed by atoms with Crippen LogP contribution in [-0.2, 0) is 11.3 Å². The van der Waals surface area contributed by atoms with Gasteiger partial charge in [-0.05, 0) is 26.8 Å². The van der Waals surface area contributed by atoms with E-state index in [4.69, 9.17) is 9.15 Å².